The van der Waals surface area contributed by atoms with Gasteiger partial charge in [0.1, 0.15) is 4.21 Å². The van der Waals surface area contributed by atoms with Crippen LogP contribution in [0.3, 0.4) is 0 Å². The number of nitrogens with one attached hydrogen (secondary N) is 1. The van der Waals surface area contributed by atoms with Crippen molar-refractivity contribution in [1.29, 1.82) is 0 Å². The van der Waals surface area contributed by atoms with Gasteiger partial charge in [0.15, 0.2) is 0 Å². The van der Waals surface area contributed by atoms with Gasteiger partial charge in [0.05, 0.1) is 5.69 Å². The SMILES string of the molecule is Cc1ccc(NS(=O)(=O)c2cc(-c3noc(C(=O)N4CCCC4)n3)cs2)cc1Cl. The lowest BCUT2D eigenvalue weighted by atomic mass is 10.2. The van der Waals surface area contributed by atoms with E-state index in [1.54, 1.807) is 28.5 Å². The molecule has 3 heterocycles. The standard InChI is InChI=1S/C18H17ClN4O4S2/c1-11-4-5-13(9-14(11)19)22-29(25,26)15-8-12(10-28-15)16-20-17(27-21-16)18(24)23-6-2-3-7-23/h4-5,8-10,22H,2-3,6-7H2,1H3. The third-order valence-corrected chi connectivity index (χ3v) is 7.75. The largest absolute Gasteiger partial charge is 0.334 e. The Morgan fingerprint density at radius 3 is 2.76 bits per heavy atom. The zero-order chi connectivity index (χ0) is 20.6. The van der Waals surface area contributed by atoms with Crippen LogP contribution < -0.4 is 4.72 Å². The van der Waals surface area contributed by atoms with Crippen LogP contribution in [0.5, 0.6) is 0 Å². The molecule has 3 aromatic rings. The summed E-state index contributed by atoms with van der Waals surface area (Å²) in [6.07, 6.45) is 1.91. The molecule has 11 heteroatoms. The van der Waals surface area contributed by atoms with E-state index < -0.39 is 10.0 Å². The number of thiophene rings is 1. The van der Waals surface area contributed by atoms with Crippen molar-refractivity contribution in [3.05, 3.63) is 46.1 Å². The van der Waals surface area contributed by atoms with E-state index in [-0.39, 0.29) is 21.8 Å². The third-order valence-electron chi connectivity index (χ3n) is 4.52. The van der Waals surface area contributed by atoms with Crippen LogP contribution in [0.2, 0.25) is 5.02 Å². The van der Waals surface area contributed by atoms with E-state index in [4.69, 9.17) is 16.1 Å². The average molecular weight is 453 g/mol. The predicted molar refractivity (Wildman–Crippen MR) is 110 cm³/mol. The molecule has 2 aromatic heterocycles. The van der Waals surface area contributed by atoms with Crippen LogP contribution in [0.1, 0.15) is 29.1 Å². The van der Waals surface area contributed by atoms with E-state index in [0.717, 1.165) is 29.7 Å². The van der Waals surface area contributed by atoms with Crippen molar-refractivity contribution >= 4 is 44.6 Å². The fraction of sp³-hybridized carbons (Fsp3) is 0.278. The van der Waals surface area contributed by atoms with Crippen molar-refractivity contribution in [2.75, 3.05) is 17.8 Å². The van der Waals surface area contributed by atoms with Gasteiger partial charge in [-0.15, -0.1) is 11.3 Å². The molecule has 8 nitrogen and oxygen atoms in total. The number of nitrogens with zero attached hydrogens (tertiary/aromatic N) is 3. The molecule has 0 atom stereocenters. The molecule has 0 spiro atoms. The van der Waals surface area contributed by atoms with E-state index in [1.165, 1.54) is 6.07 Å². The van der Waals surface area contributed by atoms with Gasteiger partial charge in [0, 0.05) is 29.1 Å². The molecule has 152 valence electrons. The first-order chi connectivity index (χ1) is 13.8. The van der Waals surface area contributed by atoms with Gasteiger partial charge in [-0.05, 0) is 43.5 Å². The fourth-order valence-electron chi connectivity index (χ4n) is 2.92. The van der Waals surface area contributed by atoms with Gasteiger partial charge in [0.2, 0.25) is 5.82 Å². The van der Waals surface area contributed by atoms with Crippen molar-refractivity contribution in [3.8, 4) is 11.4 Å². The fourth-order valence-corrected chi connectivity index (χ4v) is 5.31. The van der Waals surface area contributed by atoms with E-state index in [1.807, 2.05) is 6.92 Å². The topological polar surface area (TPSA) is 105 Å². The van der Waals surface area contributed by atoms with Gasteiger partial charge in [-0.3, -0.25) is 9.52 Å². The van der Waals surface area contributed by atoms with Gasteiger partial charge in [-0.1, -0.05) is 22.8 Å². The lowest BCUT2D eigenvalue weighted by Gasteiger charge is -2.10. The number of halogens is 1. The number of rotatable bonds is 5. The number of aryl methyl sites for hydroxylation is 1. The normalized spacial score (nSPS) is 14.3. The average Bonchev–Trinajstić information content (AvgIpc) is 3.44. The third kappa shape index (κ3) is 4.14. The molecule has 1 aliphatic rings. The van der Waals surface area contributed by atoms with Crippen molar-refractivity contribution in [2.45, 2.75) is 24.0 Å². The van der Waals surface area contributed by atoms with Gasteiger partial charge in [0.25, 0.3) is 10.0 Å². The van der Waals surface area contributed by atoms with Crippen molar-refractivity contribution in [2.24, 2.45) is 0 Å². The molecule has 0 radical (unpaired) electrons. The first kappa shape index (κ1) is 19.9. The van der Waals surface area contributed by atoms with Crippen LogP contribution >= 0.6 is 22.9 Å². The maximum absolute atomic E-state index is 12.7. The second-order valence-electron chi connectivity index (χ2n) is 6.65. The molecule has 1 fully saturated rings. The summed E-state index contributed by atoms with van der Waals surface area (Å²) >= 11 is 7.08. The second kappa shape index (κ2) is 7.77. The molecule has 1 N–H and O–H groups in total. The summed E-state index contributed by atoms with van der Waals surface area (Å²) < 4.78 is 33.0. The highest BCUT2D eigenvalue weighted by Crippen LogP contribution is 2.29. The van der Waals surface area contributed by atoms with E-state index in [0.29, 0.717) is 29.4 Å². The molecule has 1 saturated heterocycles. The monoisotopic (exact) mass is 452 g/mol. The summed E-state index contributed by atoms with van der Waals surface area (Å²) in [7, 11) is -3.80. The summed E-state index contributed by atoms with van der Waals surface area (Å²) in [6, 6.07) is 6.37. The van der Waals surface area contributed by atoms with Gasteiger partial charge >= 0.3 is 11.8 Å². The molecule has 0 saturated carbocycles. The van der Waals surface area contributed by atoms with Crippen LogP contribution in [0.4, 0.5) is 5.69 Å². The molecule has 1 amide bonds. The minimum absolute atomic E-state index is 0.0846. The quantitative estimate of drug-likeness (QED) is 0.631. The predicted octanol–water partition coefficient (Wildman–Crippen LogP) is 3.80. The first-order valence-corrected chi connectivity index (χ1v) is 11.6. The van der Waals surface area contributed by atoms with Gasteiger partial charge in [-0.25, -0.2) is 8.42 Å². The molecule has 1 aromatic carbocycles. The summed E-state index contributed by atoms with van der Waals surface area (Å²) in [4.78, 5) is 18.1. The second-order valence-corrected chi connectivity index (χ2v) is 9.87. The minimum atomic E-state index is -3.80. The van der Waals surface area contributed by atoms with Crippen LogP contribution in [-0.2, 0) is 10.0 Å². The van der Waals surface area contributed by atoms with Crippen molar-refractivity contribution in [1.82, 2.24) is 15.0 Å². The van der Waals surface area contributed by atoms with Crippen LogP contribution in [-0.4, -0.2) is 42.5 Å². The molecule has 0 aliphatic carbocycles. The molecule has 0 unspecified atom stereocenters. The minimum Gasteiger partial charge on any atom is -0.334 e. The van der Waals surface area contributed by atoms with E-state index in [9.17, 15) is 13.2 Å². The van der Waals surface area contributed by atoms with E-state index >= 15 is 0 Å². The molecule has 1 aliphatic heterocycles. The summed E-state index contributed by atoms with van der Waals surface area (Å²) in [5, 5.41) is 5.89. The van der Waals surface area contributed by atoms with Crippen LogP contribution in [0, 0.1) is 6.92 Å². The van der Waals surface area contributed by atoms with Gasteiger partial charge in [-0.2, -0.15) is 4.98 Å². The number of hydrogen-bond donors (Lipinski definition) is 1. The molecule has 29 heavy (non-hydrogen) atoms. The number of anilines is 1. The molecular formula is C18H17ClN4O4S2. The highest BCUT2D eigenvalue weighted by atomic mass is 35.5. The highest BCUT2D eigenvalue weighted by Gasteiger charge is 2.26. The first-order valence-electron chi connectivity index (χ1n) is 8.84. The zero-order valence-electron chi connectivity index (χ0n) is 15.4. The van der Waals surface area contributed by atoms with Crippen molar-refractivity contribution in [3.63, 3.8) is 0 Å². The number of amides is 1. The number of likely N-dealkylation sites (tertiary alicyclic amines) is 1. The Bertz CT molecular complexity index is 1170. The maximum atomic E-state index is 12.7. The van der Waals surface area contributed by atoms with E-state index in [2.05, 4.69) is 14.9 Å². The molecular weight excluding hydrogens is 436 g/mol. The zero-order valence-corrected chi connectivity index (χ0v) is 17.8. The van der Waals surface area contributed by atoms with Crippen molar-refractivity contribution < 1.29 is 17.7 Å². The Morgan fingerprint density at radius 2 is 2.03 bits per heavy atom. The van der Waals surface area contributed by atoms with Crippen LogP contribution in [0.15, 0.2) is 38.4 Å². The number of hydrogen-bond acceptors (Lipinski definition) is 7. The Labute approximate surface area is 176 Å². The number of sulfonamides is 1. The lowest BCUT2D eigenvalue weighted by molar-refractivity contribution is 0.0743. The Balaban J connectivity index is 1.53. The number of aromatic nitrogens is 2. The Kier molecular flexibility index (Phi) is 5.32. The summed E-state index contributed by atoms with van der Waals surface area (Å²) in [6.45, 7) is 3.18. The Hall–Kier alpha value is -2.43. The number of carbonyl (C=O) groups excluding carboxylic acids is 1. The highest BCUT2D eigenvalue weighted by molar-refractivity contribution is 7.94. The maximum Gasteiger partial charge on any atom is 0.316 e. The summed E-state index contributed by atoms with van der Waals surface area (Å²) in [5.74, 6) is -0.226. The number of benzene rings is 1. The lowest BCUT2D eigenvalue weighted by Crippen LogP contribution is -2.27. The summed E-state index contributed by atoms with van der Waals surface area (Å²) in [5.41, 5.74) is 1.68. The number of carbonyl (C=O) groups is 1. The smallest absolute Gasteiger partial charge is 0.316 e. The van der Waals surface area contributed by atoms with Crippen LogP contribution in [0.25, 0.3) is 11.4 Å². The molecule has 0 bridgehead atoms. The molecule has 4 rings (SSSR count). The van der Waals surface area contributed by atoms with Gasteiger partial charge < -0.3 is 9.42 Å². The Morgan fingerprint density at radius 1 is 1.28 bits per heavy atom.